The Morgan fingerprint density at radius 1 is 1.26 bits per heavy atom. The number of aliphatic imine (C=N–C) groups is 1. The van der Waals surface area contributed by atoms with Crippen molar-refractivity contribution in [1.29, 1.82) is 0 Å². The van der Waals surface area contributed by atoms with Gasteiger partial charge in [0.05, 0.1) is 23.3 Å². The predicted molar refractivity (Wildman–Crippen MR) is 102 cm³/mol. The number of carbonyl (C=O) groups is 1. The van der Waals surface area contributed by atoms with Gasteiger partial charge in [-0.1, -0.05) is 0 Å². The Morgan fingerprint density at radius 3 is 2.93 bits per heavy atom. The number of pyridine rings is 1. The number of nitrogens with one attached hydrogen (secondary N) is 1. The molecule has 1 fully saturated rings. The number of ketones is 1. The summed E-state index contributed by atoms with van der Waals surface area (Å²) in [5.74, 6) is 0.666. The van der Waals surface area contributed by atoms with E-state index in [1.807, 2.05) is 36.9 Å². The van der Waals surface area contributed by atoms with Crippen molar-refractivity contribution in [3.8, 4) is 5.88 Å². The summed E-state index contributed by atoms with van der Waals surface area (Å²) < 4.78 is 5.53. The quantitative estimate of drug-likeness (QED) is 0.808. The van der Waals surface area contributed by atoms with Crippen molar-refractivity contribution in [2.45, 2.75) is 25.9 Å². The molecule has 2 aromatic rings. The first-order chi connectivity index (χ1) is 13.0. The topological polar surface area (TPSA) is 87.0 Å². The van der Waals surface area contributed by atoms with Gasteiger partial charge in [0, 0.05) is 25.1 Å². The Labute approximate surface area is 156 Å². The van der Waals surface area contributed by atoms with Crippen molar-refractivity contribution in [2.24, 2.45) is 4.99 Å². The summed E-state index contributed by atoms with van der Waals surface area (Å²) in [7, 11) is 0. The third kappa shape index (κ3) is 2.28. The average Bonchev–Trinajstić information content (AvgIpc) is 3.01. The molecule has 0 amide bonds. The first-order valence-electron chi connectivity index (χ1n) is 9.09. The van der Waals surface area contributed by atoms with Gasteiger partial charge in [-0.25, -0.2) is 9.98 Å². The second kappa shape index (κ2) is 5.53. The molecular formula is C20H20N4O3. The van der Waals surface area contributed by atoms with Crippen LogP contribution in [0.2, 0.25) is 0 Å². The van der Waals surface area contributed by atoms with E-state index in [2.05, 4.69) is 10.3 Å². The number of rotatable bonds is 1. The Balaban J connectivity index is 1.62. The largest absolute Gasteiger partial charge is 0.474 e. The van der Waals surface area contributed by atoms with Crippen LogP contribution in [0.15, 0.2) is 29.4 Å². The second-order valence-electron chi connectivity index (χ2n) is 7.30. The highest BCUT2D eigenvalue weighted by Gasteiger charge is 2.52. The summed E-state index contributed by atoms with van der Waals surface area (Å²) in [5.41, 5.74) is 3.19. The van der Waals surface area contributed by atoms with Crippen LogP contribution >= 0.6 is 0 Å². The van der Waals surface area contributed by atoms with Crippen LogP contribution < -0.4 is 15.0 Å². The molecule has 1 atom stereocenters. The smallest absolute Gasteiger partial charge is 0.237 e. The molecule has 27 heavy (non-hydrogen) atoms. The lowest BCUT2D eigenvalue weighted by molar-refractivity contribution is 0.0602. The average molecular weight is 364 g/mol. The molecular weight excluding hydrogens is 344 g/mol. The van der Waals surface area contributed by atoms with Gasteiger partial charge in [0.1, 0.15) is 12.4 Å². The van der Waals surface area contributed by atoms with Gasteiger partial charge in [-0.3, -0.25) is 4.79 Å². The minimum absolute atomic E-state index is 0.277. The van der Waals surface area contributed by atoms with Gasteiger partial charge < -0.3 is 20.1 Å². The molecule has 1 unspecified atom stereocenters. The van der Waals surface area contributed by atoms with E-state index in [9.17, 15) is 9.90 Å². The second-order valence-corrected chi connectivity index (χ2v) is 7.30. The van der Waals surface area contributed by atoms with E-state index < -0.39 is 5.60 Å². The number of ether oxygens (including phenoxy) is 1. The van der Waals surface area contributed by atoms with Crippen LogP contribution in [0.25, 0.3) is 0 Å². The molecule has 0 spiro atoms. The number of aliphatic hydroxyl groups is 1. The number of nitrogens with zero attached hydrogens (tertiary/aromatic N) is 3. The highest BCUT2D eigenvalue weighted by molar-refractivity contribution is 6.28. The molecule has 0 saturated carbocycles. The normalized spacial score (nSPS) is 23.0. The maximum atomic E-state index is 13.1. The number of Topliss-reactive ketones (excluding diaryl/α,β-unsaturated/α-hetero) is 1. The SMILES string of the molecule is Cc1cc2c(cc1C)C(=O)C1(O)CCN(c3cnc4c(c3)NCCO4)C1=N2. The molecule has 5 rings (SSSR count). The minimum atomic E-state index is -1.59. The summed E-state index contributed by atoms with van der Waals surface area (Å²) >= 11 is 0. The summed E-state index contributed by atoms with van der Waals surface area (Å²) in [6.45, 7) is 5.75. The summed E-state index contributed by atoms with van der Waals surface area (Å²) in [4.78, 5) is 24.0. The first kappa shape index (κ1) is 16.3. The fourth-order valence-electron chi connectivity index (χ4n) is 3.91. The van der Waals surface area contributed by atoms with Gasteiger partial charge in [0.25, 0.3) is 0 Å². The highest BCUT2D eigenvalue weighted by Crippen LogP contribution is 2.41. The van der Waals surface area contributed by atoms with Crippen LogP contribution in [-0.2, 0) is 0 Å². The van der Waals surface area contributed by atoms with E-state index in [4.69, 9.17) is 9.73 Å². The molecule has 3 aliphatic rings. The number of anilines is 2. The molecule has 1 aromatic heterocycles. The molecule has 0 aliphatic carbocycles. The molecule has 1 aromatic carbocycles. The van der Waals surface area contributed by atoms with Gasteiger partial charge in [-0.2, -0.15) is 0 Å². The standard InChI is InChI=1S/C20H20N4O3/c1-11-7-14-15(8-12(11)2)23-19-20(26,17(14)25)3-5-24(19)13-9-16-18(22-10-13)27-6-4-21-16/h7-10,21,26H,3-6H2,1-2H3. The van der Waals surface area contributed by atoms with Crippen LogP contribution in [0, 0.1) is 13.8 Å². The molecule has 7 heteroatoms. The fourth-order valence-corrected chi connectivity index (χ4v) is 3.91. The first-order valence-corrected chi connectivity index (χ1v) is 9.09. The molecule has 2 N–H and O–H groups in total. The van der Waals surface area contributed by atoms with Crippen molar-refractivity contribution < 1.29 is 14.6 Å². The molecule has 1 saturated heterocycles. The molecule has 0 radical (unpaired) electrons. The predicted octanol–water partition coefficient (Wildman–Crippen LogP) is 2.37. The number of hydrogen-bond acceptors (Lipinski definition) is 7. The van der Waals surface area contributed by atoms with Crippen molar-refractivity contribution >= 4 is 28.7 Å². The number of carbonyl (C=O) groups excluding carboxylic acids is 1. The summed E-state index contributed by atoms with van der Waals surface area (Å²) in [6.07, 6.45) is 2.00. The Kier molecular flexibility index (Phi) is 3.33. The zero-order valence-electron chi connectivity index (χ0n) is 15.2. The van der Waals surface area contributed by atoms with Crippen molar-refractivity contribution in [3.63, 3.8) is 0 Å². The fraction of sp³-hybridized carbons (Fsp3) is 0.350. The maximum absolute atomic E-state index is 13.1. The number of amidine groups is 1. The molecule has 0 bridgehead atoms. The third-order valence-corrected chi connectivity index (χ3v) is 5.59. The van der Waals surface area contributed by atoms with Crippen molar-refractivity contribution in [1.82, 2.24) is 4.98 Å². The van der Waals surface area contributed by atoms with E-state index >= 15 is 0 Å². The van der Waals surface area contributed by atoms with Gasteiger partial charge >= 0.3 is 0 Å². The lowest BCUT2D eigenvalue weighted by atomic mass is 9.86. The van der Waals surface area contributed by atoms with Crippen molar-refractivity contribution in [2.75, 3.05) is 29.9 Å². The number of hydrogen-bond donors (Lipinski definition) is 2. The third-order valence-electron chi connectivity index (χ3n) is 5.59. The van der Waals surface area contributed by atoms with Crippen LogP contribution in [0.3, 0.4) is 0 Å². The molecule has 4 heterocycles. The van der Waals surface area contributed by atoms with Crippen LogP contribution in [0.4, 0.5) is 17.1 Å². The van der Waals surface area contributed by atoms with Crippen LogP contribution in [-0.4, -0.2) is 47.0 Å². The number of aryl methyl sites for hydroxylation is 2. The van der Waals surface area contributed by atoms with Gasteiger partial charge in [-0.05, 0) is 43.2 Å². The monoisotopic (exact) mass is 364 g/mol. The minimum Gasteiger partial charge on any atom is -0.474 e. The number of benzene rings is 1. The van der Waals surface area contributed by atoms with E-state index in [1.54, 1.807) is 6.20 Å². The summed E-state index contributed by atoms with van der Waals surface area (Å²) in [5, 5.41) is 14.4. The van der Waals surface area contributed by atoms with Crippen molar-refractivity contribution in [3.05, 3.63) is 41.1 Å². The lowest BCUT2D eigenvalue weighted by Gasteiger charge is -2.30. The summed E-state index contributed by atoms with van der Waals surface area (Å²) in [6, 6.07) is 5.66. The zero-order chi connectivity index (χ0) is 18.8. The molecule has 7 nitrogen and oxygen atoms in total. The zero-order valence-corrected chi connectivity index (χ0v) is 15.2. The van der Waals surface area contributed by atoms with Gasteiger partial charge in [-0.15, -0.1) is 0 Å². The van der Waals surface area contributed by atoms with E-state index in [-0.39, 0.29) is 5.78 Å². The van der Waals surface area contributed by atoms with Gasteiger partial charge in [0.2, 0.25) is 11.7 Å². The number of fused-ring (bicyclic) bond motifs is 3. The van der Waals surface area contributed by atoms with E-state index in [0.29, 0.717) is 49.1 Å². The highest BCUT2D eigenvalue weighted by atomic mass is 16.5. The molecule has 138 valence electrons. The van der Waals surface area contributed by atoms with Gasteiger partial charge in [0.15, 0.2) is 5.60 Å². The maximum Gasteiger partial charge on any atom is 0.237 e. The molecule has 3 aliphatic heterocycles. The lowest BCUT2D eigenvalue weighted by Crippen LogP contribution is -2.48. The Bertz CT molecular complexity index is 1020. The number of aromatic nitrogens is 1. The van der Waals surface area contributed by atoms with E-state index in [0.717, 1.165) is 22.5 Å². The Hall–Kier alpha value is -2.93. The van der Waals surface area contributed by atoms with E-state index in [1.165, 1.54) is 0 Å². The van der Waals surface area contributed by atoms with Crippen LogP contribution in [0.1, 0.15) is 27.9 Å². The Morgan fingerprint density at radius 2 is 2.07 bits per heavy atom. The van der Waals surface area contributed by atoms with Crippen LogP contribution in [0.5, 0.6) is 5.88 Å².